The van der Waals surface area contributed by atoms with Gasteiger partial charge < -0.3 is 18.6 Å². The molecule has 0 radical (unpaired) electrons. The summed E-state index contributed by atoms with van der Waals surface area (Å²) in [6.45, 7) is 6.33. The molecule has 0 aromatic heterocycles. The van der Waals surface area contributed by atoms with Gasteiger partial charge in [-0.05, 0) is 86.6 Å². The summed E-state index contributed by atoms with van der Waals surface area (Å²) in [4.78, 5) is 28.6. The number of rotatable bonds is 14. The summed E-state index contributed by atoms with van der Waals surface area (Å²) in [5.41, 5.74) is -3.04. The van der Waals surface area contributed by atoms with Gasteiger partial charge in [0.05, 0.1) is 21.8 Å². The van der Waals surface area contributed by atoms with Gasteiger partial charge in [0.15, 0.2) is 69.4 Å². The predicted octanol–water partition coefficient (Wildman–Crippen LogP) is 7.09. The minimum atomic E-state index is -6.09. The average Bonchev–Trinajstić information content (AvgIpc) is 3.35. The van der Waals surface area contributed by atoms with Gasteiger partial charge >= 0.3 is 73.7 Å². The number of hydrogen-bond acceptors (Lipinski definition) is 12. The number of ether oxygens (including phenoxy) is 2. The van der Waals surface area contributed by atoms with Crippen molar-refractivity contribution in [3.63, 3.8) is 0 Å². The van der Waals surface area contributed by atoms with Crippen LogP contribution in [0.15, 0.2) is 218 Å². The molecular formula is C49H44F7NaO13S5+2. The van der Waals surface area contributed by atoms with Crippen LogP contribution in [0.5, 0.6) is 0 Å². The molecule has 26 heteroatoms. The Morgan fingerprint density at radius 1 is 0.533 bits per heavy atom. The summed E-state index contributed by atoms with van der Waals surface area (Å²) in [7, 11) is -17.5. The normalized spacial score (nSPS) is 11.4. The van der Waals surface area contributed by atoms with Gasteiger partial charge in [-0.2, -0.15) is 43.9 Å². The van der Waals surface area contributed by atoms with Gasteiger partial charge in [0.1, 0.15) is 0 Å². The molecule has 396 valence electrons. The molecule has 6 aromatic rings. The molecule has 0 saturated carbocycles. The molecule has 0 spiro atoms. The number of hydrogen-bond donors (Lipinski definition) is 1. The Balaban J connectivity index is 0.000000484. The number of halogens is 7. The molecule has 0 heterocycles. The van der Waals surface area contributed by atoms with Gasteiger partial charge in [0.2, 0.25) is 0 Å². The Labute approximate surface area is 457 Å². The molecule has 75 heavy (non-hydrogen) atoms. The van der Waals surface area contributed by atoms with Crippen molar-refractivity contribution in [2.75, 3.05) is 13.2 Å². The minimum absolute atomic E-state index is 0. The molecule has 0 fully saturated rings. The average molecular weight is 1160 g/mol. The summed E-state index contributed by atoms with van der Waals surface area (Å²) < 4.78 is 173. The van der Waals surface area contributed by atoms with Crippen molar-refractivity contribution < 1.29 is 118 Å². The summed E-state index contributed by atoms with van der Waals surface area (Å²) in [5.74, 6) is -2.56. The molecular weight excluding hydrogens is 1110 g/mol. The first-order valence-electron chi connectivity index (χ1n) is 20.4. The van der Waals surface area contributed by atoms with Gasteiger partial charge in [-0.1, -0.05) is 115 Å². The molecule has 0 amide bonds. The van der Waals surface area contributed by atoms with E-state index in [0.717, 1.165) is 0 Å². The van der Waals surface area contributed by atoms with Gasteiger partial charge in [0, 0.05) is 6.08 Å². The van der Waals surface area contributed by atoms with Crippen LogP contribution in [-0.4, -0.2) is 80.1 Å². The topological polar surface area (TPSA) is 221 Å². The number of alkyl halides is 7. The third-order valence-corrected chi connectivity index (χ3v) is 15.3. The monoisotopic (exact) mass is 1160 g/mol. The molecule has 6 aromatic carbocycles. The maximum Gasteiger partial charge on any atom is 1.00 e. The Morgan fingerprint density at radius 2 is 0.800 bits per heavy atom. The van der Waals surface area contributed by atoms with Crippen molar-refractivity contribution in [3.05, 3.63) is 206 Å². The molecule has 0 atom stereocenters. The van der Waals surface area contributed by atoms with E-state index in [2.05, 4.69) is 206 Å². The van der Waals surface area contributed by atoms with Crippen molar-refractivity contribution in [3.8, 4) is 0 Å². The Hall–Kier alpha value is -5.41. The Bertz CT molecular complexity index is 2790. The standard InChI is InChI=1S/2C19H17S.C5H6F2O5S.C5H4F2O5S.CHF3O3S.Na/c2*1-16-12-14-19(15-13-16)20(17-8-4-2-5-9-17)18-10-6-3-7-11-18;2*1-2-4(8)12-3-5(6,7)13(9,10)11;2-1(3,4)8(5,6)7;/h2*2-15H,1H3;2H,1,3H2,(H,9,10,11);1,3H2;(H,5,6,7);/q2*+1;;;;+1/p-1. The fraction of sp³-hybridized carbons (Fsp3) is 0.143. The number of carbonyl (C=O) groups is 2. The number of benzene rings is 6. The Morgan fingerprint density at radius 3 is 1.03 bits per heavy atom. The quantitative estimate of drug-likeness (QED) is 0.0168. The smallest absolute Gasteiger partial charge is 0.743 e. The van der Waals surface area contributed by atoms with Crippen LogP contribution in [0.25, 0.3) is 0 Å². The van der Waals surface area contributed by atoms with E-state index in [0.29, 0.717) is 6.08 Å². The first-order valence-corrected chi connectivity index (χ1v) is 27.1. The zero-order chi connectivity index (χ0) is 56.0. The second kappa shape index (κ2) is 31.0. The van der Waals surface area contributed by atoms with E-state index in [1.165, 1.54) is 40.5 Å². The second-order valence-electron chi connectivity index (χ2n) is 14.2. The fourth-order valence-electron chi connectivity index (χ4n) is 4.95. The van der Waals surface area contributed by atoms with E-state index >= 15 is 0 Å². The predicted molar refractivity (Wildman–Crippen MR) is 260 cm³/mol. The molecule has 0 unspecified atom stereocenters. The van der Waals surface area contributed by atoms with Crippen LogP contribution in [-0.2, 0) is 71.2 Å². The van der Waals surface area contributed by atoms with E-state index in [9.17, 15) is 61.7 Å². The van der Waals surface area contributed by atoms with E-state index in [1.807, 2.05) is 0 Å². The van der Waals surface area contributed by atoms with Crippen LogP contribution < -0.4 is 29.6 Å². The number of carbonyl (C=O) groups excluding carboxylic acids is 2. The van der Waals surface area contributed by atoms with E-state index in [-0.39, 0.29) is 51.3 Å². The van der Waals surface area contributed by atoms with Gasteiger partial charge in [-0.25, -0.2) is 21.6 Å². The fourth-order valence-corrected chi connectivity index (χ4v) is 9.53. The minimum Gasteiger partial charge on any atom is -0.743 e. The van der Waals surface area contributed by atoms with Crippen molar-refractivity contribution >= 4 is 64.1 Å². The summed E-state index contributed by atoms with van der Waals surface area (Å²) in [5, 5.41) is -9.12. The number of aryl methyl sites for hydroxylation is 2. The summed E-state index contributed by atoms with van der Waals surface area (Å²) in [6.07, 6.45) is 2.13. The van der Waals surface area contributed by atoms with E-state index < -0.39 is 71.5 Å². The molecule has 1 N–H and O–H groups in total. The molecule has 0 bridgehead atoms. The van der Waals surface area contributed by atoms with Crippen LogP contribution >= 0.6 is 0 Å². The van der Waals surface area contributed by atoms with E-state index in [4.69, 9.17) is 17.5 Å². The van der Waals surface area contributed by atoms with Gasteiger partial charge in [0.25, 0.3) is 0 Å². The van der Waals surface area contributed by atoms with Gasteiger partial charge in [-0.15, -0.1) is 0 Å². The molecule has 0 aliphatic heterocycles. The maximum absolute atomic E-state index is 12.3. The van der Waals surface area contributed by atoms with Gasteiger partial charge in [-0.3, -0.25) is 4.55 Å². The third-order valence-electron chi connectivity index (χ3n) is 8.52. The molecule has 0 aliphatic rings. The molecule has 0 aliphatic carbocycles. The first-order chi connectivity index (χ1) is 34.3. The zero-order valence-electron chi connectivity index (χ0n) is 39.6. The largest absolute Gasteiger partial charge is 1.00 e. The van der Waals surface area contributed by atoms with E-state index in [1.54, 1.807) is 6.08 Å². The van der Waals surface area contributed by atoms with Crippen LogP contribution in [0, 0.1) is 19.9 Å². The zero-order valence-corrected chi connectivity index (χ0v) is 45.7. The number of esters is 2. The summed E-state index contributed by atoms with van der Waals surface area (Å²) >= 11 is 0. The van der Waals surface area contributed by atoms with Crippen LogP contribution in [0.1, 0.15) is 11.1 Å². The molecule has 13 nitrogen and oxygen atoms in total. The summed E-state index contributed by atoms with van der Waals surface area (Å²) in [6, 6.07) is 60.8. The Kier molecular flexibility index (Phi) is 27.9. The van der Waals surface area contributed by atoms with Crippen molar-refractivity contribution in [1.29, 1.82) is 0 Å². The van der Waals surface area contributed by atoms with Crippen molar-refractivity contribution in [1.82, 2.24) is 0 Å². The van der Waals surface area contributed by atoms with Crippen LogP contribution in [0.2, 0.25) is 0 Å². The molecule has 6 rings (SSSR count). The third kappa shape index (κ3) is 23.6. The van der Waals surface area contributed by atoms with Crippen LogP contribution in [0.3, 0.4) is 0 Å². The van der Waals surface area contributed by atoms with Crippen molar-refractivity contribution in [2.45, 2.75) is 59.2 Å². The maximum atomic E-state index is 12.3. The SMILES string of the molecule is C=CC(=O)OCC(F)(F)S(=O)(=O)O.C=[C+]C(=O)OCC(F)(F)S(=O)(=O)[O-].Cc1ccc([S+](c2ccccc2)c2ccccc2)cc1.Cc1ccc([S+](c2ccccc2)c2ccccc2)cc1.O=S(=O)([O-])C(F)(F)F.[Na+]. The van der Waals surface area contributed by atoms with Crippen molar-refractivity contribution in [2.24, 2.45) is 0 Å². The first kappa shape index (κ1) is 67.6. The van der Waals surface area contributed by atoms with Crippen LogP contribution in [0.4, 0.5) is 30.7 Å². The molecule has 0 saturated heterocycles. The second-order valence-corrected chi connectivity index (χ2v) is 22.6.